The zero-order valence-corrected chi connectivity index (χ0v) is 11.8. The largest absolute Gasteiger partial charge is 0.344 e. The van der Waals surface area contributed by atoms with Crippen molar-refractivity contribution in [2.75, 3.05) is 6.54 Å². The topological polar surface area (TPSA) is 74.8 Å². The highest BCUT2D eigenvalue weighted by Crippen LogP contribution is 2.18. The lowest BCUT2D eigenvalue weighted by Crippen LogP contribution is -2.31. The predicted molar refractivity (Wildman–Crippen MR) is 76.0 cm³/mol. The first-order valence-electron chi connectivity index (χ1n) is 6.05. The molecule has 0 saturated heterocycles. The van der Waals surface area contributed by atoms with Crippen molar-refractivity contribution in [1.82, 2.24) is 15.3 Å². The number of thioether (sulfide) groups is 1. The molecule has 1 aromatic heterocycles. The van der Waals surface area contributed by atoms with Crippen molar-refractivity contribution in [3.63, 3.8) is 0 Å². The SMILES string of the molecule is C#CCNC(=O)C(C)Sc1nc(CCC)cc(=O)[nH]1. The molecule has 0 radical (unpaired) electrons. The van der Waals surface area contributed by atoms with E-state index < -0.39 is 0 Å². The van der Waals surface area contributed by atoms with E-state index in [1.165, 1.54) is 17.8 Å². The highest BCUT2D eigenvalue weighted by atomic mass is 32.2. The van der Waals surface area contributed by atoms with Gasteiger partial charge >= 0.3 is 0 Å². The molecule has 102 valence electrons. The Hall–Kier alpha value is -1.74. The van der Waals surface area contributed by atoms with Crippen LogP contribution in [0.5, 0.6) is 0 Å². The average Bonchev–Trinajstić information content (AvgIpc) is 2.35. The third kappa shape index (κ3) is 5.18. The van der Waals surface area contributed by atoms with Gasteiger partial charge in [0.1, 0.15) is 0 Å². The van der Waals surface area contributed by atoms with Gasteiger partial charge in [-0.3, -0.25) is 9.59 Å². The fourth-order valence-corrected chi connectivity index (χ4v) is 2.28. The van der Waals surface area contributed by atoms with E-state index in [1.54, 1.807) is 6.92 Å². The van der Waals surface area contributed by atoms with Gasteiger partial charge in [0.05, 0.1) is 11.8 Å². The van der Waals surface area contributed by atoms with Crippen LogP contribution in [0, 0.1) is 12.3 Å². The van der Waals surface area contributed by atoms with Gasteiger partial charge in [-0.2, -0.15) is 0 Å². The van der Waals surface area contributed by atoms with Crippen molar-refractivity contribution in [3.8, 4) is 12.3 Å². The first-order valence-corrected chi connectivity index (χ1v) is 6.92. The molecule has 5 nitrogen and oxygen atoms in total. The summed E-state index contributed by atoms with van der Waals surface area (Å²) in [7, 11) is 0. The monoisotopic (exact) mass is 279 g/mol. The second kappa shape index (κ2) is 7.64. The number of amides is 1. The molecule has 0 bridgehead atoms. The van der Waals surface area contributed by atoms with Crippen LogP contribution in [0.4, 0.5) is 0 Å². The molecule has 1 rings (SSSR count). The maximum atomic E-state index is 11.7. The third-order valence-corrected chi connectivity index (χ3v) is 3.29. The molecule has 2 N–H and O–H groups in total. The zero-order valence-electron chi connectivity index (χ0n) is 11.0. The first kappa shape index (κ1) is 15.3. The summed E-state index contributed by atoms with van der Waals surface area (Å²) in [4.78, 5) is 30.1. The Morgan fingerprint density at radius 2 is 2.42 bits per heavy atom. The Kier molecular flexibility index (Phi) is 6.16. The highest BCUT2D eigenvalue weighted by Gasteiger charge is 2.15. The molecule has 1 heterocycles. The number of carbonyl (C=O) groups excluding carboxylic acids is 1. The Labute approximate surface area is 116 Å². The quantitative estimate of drug-likeness (QED) is 0.462. The van der Waals surface area contributed by atoms with E-state index in [0.29, 0.717) is 5.16 Å². The van der Waals surface area contributed by atoms with Gasteiger partial charge < -0.3 is 10.3 Å². The van der Waals surface area contributed by atoms with Crippen molar-refractivity contribution < 1.29 is 4.79 Å². The van der Waals surface area contributed by atoms with Crippen LogP contribution in [-0.4, -0.2) is 27.7 Å². The fraction of sp³-hybridized carbons (Fsp3) is 0.462. The molecule has 0 saturated carbocycles. The van der Waals surface area contributed by atoms with Crippen LogP contribution < -0.4 is 10.9 Å². The standard InChI is InChI=1S/C13H17N3O2S/c1-4-6-10-8-11(17)16-13(15-10)19-9(3)12(18)14-7-5-2/h2,8-9H,4,6-7H2,1,3H3,(H,14,18)(H,15,16,17). The van der Waals surface area contributed by atoms with Gasteiger partial charge in [0.2, 0.25) is 5.91 Å². The molecular weight excluding hydrogens is 262 g/mol. The molecule has 0 aliphatic rings. The number of nitrogens with zero attached hydrogens (tertiary/aromatic N) is 1. The molecule has 1 unspecified atom stereocenters. The number of nitrogens with one attached hydrogen (secondary N) is 2. The normalized spacial score (nSPS) is 11.6. The van der Waals surface area contributed by atoms with Gasteiger partial charge in [-0.15, -0.1) is 6.42 Å². The number of H-pyrrole nitrogens is 1. The smallest absolute Gasteiger partial charge is 0.251 e. The van der Waals surface area contributed by atoms with Crippen LogP contribution in [0.15, 0.2) is 16.0 Å². The molecule has 1 atom stereocenters. The van der Waals surface area contributed by atoms with Crippen LogP contribution >= 0.6 is 11.8 Å². The van der Waals surface area contributed by atoms with Gasteiger partial charge in [-0.1, -0.05) is 31.0 Å². The maximum absolute atomic E-state index is 11.7. The van der Waals surface area contributed by atoms with Gasteiger partial charge in [-0.25, -0.2) is 4.98 Å². The van der Waals surface area contributed by atoms with E-state index in [4.69, 9.17) is 6.42 Å². The second-order valence-electron chi connectivity index (χ2n) is 3.97. The molecule has 1 amide bonds. The van der Waals surface area contributed by atoms with Gasteiger partial charge in [0, 0.05) is 11.8 Å². The lowest BCUT2D eigenvalue weighted by atomic mass is 10.2. The lowest BCUT2D eigenvalue weighted by molar-refractivity contribution is -0.120. The summed E-state index contributed by atoms with van der Waals surface area (Å²) in [5.74, 6) is 2.16. The minimum absolute atomic E-state index is 0.175. The molecule has 19 heavy (non-hydrogen) atoms. The summed E-state index contributed by atoms with van der Waals surface area (Å²) in [6.07, 6.45) is 6.73. The van der Waals surface area contributed by atoms with E-state index in [0.717, 1.165) is 18.5 Å². The van der Waals surface area contributed by atoms with Crippen molar-refractivity contribution in [3.05, 3.63) is 22.1 Å². The van der Waals surface area contributed by atoms with E-state index >= 15 is 0 Å². The maximum Gasteiger partial charge on any atom is 0.251 e. The number of hydrogen-bond donors (Lipinski definition) is 2. The Morgan fingerprint density at radius 3 is 3.05 bits per heavy atom. The van der Waals surface area contributed by atoms with E-state index in [-0.39, 0.29) is 23.3 Å². The van der Waals surface area contributed by atoms with Crippen LogP contribution in [0.1, 0.15) is 26.0 Å². The fourth-order valence-electron chi connectivity index (χ4n) is 1.43. The minimum Gasteiger partial charge on any atom is -0.344 e. The molecule has 0 fully saturated rings. The van der Waals surface area contributed by atoms with Crippen LogP contribution in [0.2, 0.25) is 0 Å². The van der Waals surface area contributed by atoms with Crippen molar-refractivity contribution in [2.24, 2.45) is 0 Å². The number of aromatic amines is 1. The van der Waals surface area contributed by atoms with Crippen molar-refractivity contribution in [2.45, 2.75) is 37.1 Å². The Morgan fingerprint density at radius 1 is 1.68 bits per heavy atom. The number of rotatable bonds is 6. The average molecular weight is 279 g/mol. The number of terminal acetylenes is 1. The Bertz CT molecular complexity index is 533. The Balaban J connectivity index is 2.73. The molecule has 6 heteroatoms. The predicted octanol–water partition coefficient (Wildman–Crippen LogP) is 0.952. The molecule has 1 aromatic rings. The number of carbonyl (C=O) groups is 1. The molecule has 0 spiro atoms. The lowest BCUT2D eigenvalue weighted by Gasteiger charge is -2.10. The van der Waals surface area contributed by atoms with E-state index in [9.17, 15) is 9.59 Å². The third-order valence-electron chi connectivity index (χ3n) is 2.30. The summed E-state index contributed by atoms with van der Waals surface area (Å²) >= 11 is 1.21. The summed E-state index contributed by atoms with van der Waals surface area (Å²) in [6.45, 7) is 3.96. The summed E-state index contributed by atoms with van der Waals surface area (Å²) in [5, 5.41) is 2.68. The zero-order chi connectivity index (χ0) is 14.3. The molecular formula is C13H17N3O2S. The van der Waals surface area contributed by atoms with Gasteiger partial charge in [-0.05, 0) is 13.3 Å². The van der Waals surface area contributed by atoms with Crippen molar-refractivity contribution in [1.29, 1.82) is 0 Å². The van der Waals surface area contributed by atoms with E-state index in [2.05, 4.69) is 21.2 Å². The molecule has 0 aromatic carbocycles. The van der Waals surface area contributed by atoms with Crippen LogP contribution in [-0.2, 0) is 11.2 Å². The van der Waals surface area contributed by atoms with Crippen LogP contribution in [0.3, 0.4) is 0 Å². The number of hydrogen-bond acceptors (Lipinski definition) is 4. The second-order valence-corrected chi connectivity index (χ2v) is 5.30. The highest BCUT2D eigenvalue weighted by molar-refractivity contribution is 8.00. The number of aromatic nitrogens is 2. The first-order chi connectivity index (χ1) is 9.06. The number of aryl methyl sites for hydroxylation is 1. The van der Waals surface area contributed by atoms with E-state index in [1.807, 2.05) is 6.92 Å². The minimum atomic E-state index is -0.367. The van der Waals surface area contributed by atoms with Gasteiger partial charge in [0.25, 0.3) is 5.56 Å². The summed E-state index contributed by atoms with van der Waals surface area (Å²) in [6, 6.07) is 1.48. The van der Waals surface area contributed by atoms with Crippen LogP contribution in [0.25, 0.3) is 0 Å². The summed E-state index contributed by atoms with van der Waals surface area (Å²) < 4.78 is 0. The summed E-state index contributed by atoms with van der Waals surface area (Å²) in [5.41, 5.74) is 0.544. The molecule has 0 aliphatic heterocycles. The van der Waals surface area contributed by atoms with Crippen molar-refractivity contribution >= 4 is 17.7 Å². The van der Waals surface area contributed by atoms with Gasteiger partial charge in [0.15, 0.2) is 5.16 Å². The molecule has 0 aliphatic carbocycles.